The molecule has 7 rings (SSSR count). The number of nitrogens with one attached hydrogen (secondary N) is 1. The van der Waals surface area contributed by atoms with E-state index < -0.39 is 0 Å². The molecule has 0 aliphatic heterocycles. The van der Waals surface area contributed by atoms with Crippen molar-refractivity contribution in [2.24, 2.45) is 23.2 Å². The summed E-state index contributed by atoms with van der Waals surface area (Å²) in [7, 11) is 0. The summed E-state index contributed by atoms with van der Waals surface area (Å²) in [5.41, 5.74) is 1.84. The summed E-state index contributed by atoms with van der Waals surface area (Å²) in [6, 6.07) is 4.03. The fraction of sp³-hybridized carbons (Fsp3) is 0.682. The van der Waals surface area contributed by atoms with Crippen LogP contribution in [0.25, 0.3) is 11.2 Å². The second-order valence-electron chi connectivity index (χ2n) is 10.0. The van der Waals surface area contributed by atoms with Gasteiger partial charge in [0.2, 0.25) is 11.9 Å². The molecule has 1 N–H and O–H groups in total. The second-order valence-corrected chi connectivity index (χ2v) is 10.4. The van der Waals surface area contributed by atoms with Crippen molar-refractivity contribution < 1.29 is 4.79 Å². The molecule has 5 saturated carbocycles. The van der Waals surface area contributed by atoms with E-state index in [2.05, 4.69) is 14.9 Å². The van der Waals surface area contributed by atoms with E-state index in [4.69, 9.17) is 16.6 Å². The maximum absolute atomic E-state index is 13.1. The maximum atomic E-state index is 13.1. The van der Waals surface area contributed by atoms with Crippen molar-refractivity contribution in [2.45, 2.75) is 70.3 Å². The van der Waals surface area contributed by atoms with Gasteiger partial charge in [-0.3, -0.25) is 14.7 Å². The van der Waals surface area contributed by atoms with Crippen LogP contribution < -0.4 is 5.32 Å². The van der Waals surface area contributed by atoms with Gasteiger partial charge in [0, 0.05) is 12.5 Å². The fourth-order valence-electron chi connectivity index (χ4n) is 7.05. The molecule has 5 aliphatic carbocycles. The minimum Gasteiger partial charge on any atom is -0.296 e. The van der Waals surface area contributed by atoms with Gasteiger partial charge in [-0.15, -0.1) is 0 Å². The third kappa shape index (κ3) is 2.77. The zero-order valence-electron chi connectivity index (χ0n) is 16.2. The van der Waals surface area contributed by atoms with Gasteiger partial charge in [0.15, 0.2) is 5.65 Å². The number of nitrogens with zero attached hydrogens (tertiary/aromatic N) is 3. The van der Waals surface area contributed by atoms with Crippen LogP contribution in [0.3, 0.4) is 0 Å². The fourth-order valence-corrected chi connectivity index (χ4v) is 7.19. The highest BCUT2D eigenvalue weighted by molar-refractivity contribution is 6.29. The van der Waals surface area contributed by atoms with Crippen molar-refractivity contribution in [1.82, 2.24) is 14.5 Å². The molecule has 2 aromatic rings. The molecule has 0 atom stereocenters. The first kappa shape index (κ1) is 17.3. The number of carbonyl (C=O) groups excluding carboxylic acids is 1. The second kappa shape index (κ2) is 6.19. The highest BCUT2D eigenvalue weighted by Crippen LogP contribution is 2.61. The number of hydrogen-bond acceptors (Lipinski definition) is 3. The number of halogens is 1. The standard InChI is InChI=1S/C22H27ClN4O/c23-18-5-4-17-20(25-18)27(16-2-1-3-16)21(24-17)26-19(28)12-22-9-13-6-14(10-22)8-15(7-13)11-22/h4-5,13-16H,1-3,6-12H2,(H,24,26,28). The first-order valence-electron chi connectivity index (χ1n) is 10.9. The highest BCUT2D eigenvalue weighted by Gasteiger charge is 2.51. The third-order valence-corrected chi connectivity index (χ3v) is 8.11. The predicted octanol–water partition coefficient (Wildman–Crippen LogP) is 5.35. The molecule has 1 amide bonds. The number of rotatable bonds is 4. The Hall–Kier alpha value is -1.62. The van der Waals surface area contributed by atoms with Crippen LogP contribution in [0.1, 0.15) is 70.3 Å². The molecule has 4 bridgehead atoms. The molecule has 0 saturated heterocycles. The summed E-state index contributed by atoms with van der Waals surface area (Å²) in [4.78, 5) is 22.3. The summed E-state index contributed by atoms with van der Waals surface area (Å²) in [5, 5.41) is 3.65. The van der Waals surface area contributed by atoms with E-state index in [0.717, 1.165) is 41.8 Å². The Morgan fingerprint density at radius 2 is 1.79 bits per heavy atom. The highest BCUT2D eigenvalue weighted by atomic mass is 35.5. The van der Waals surface area contributed by atoms with E-state index in [-0.39, 0.29) is 11.3 Å². The Labute approximate surface area is 170 Å². The third-order valence-electron chi connectivity index (χ3n) is 7.89. The van der Waals surface area contributed by atoms with Crippen molar-refractivity contribution >= 4 is 34.6 Å². The molecule has 2 aromatic heterocycles. The quantitative estimate of drug-likeness (QED) is 0.705. The van der Waals surface area contributed by atoms with E-state index in [1.807, 2.05) is 6.07 Å². The topological polar surface area (TPSA) is 59.8 Å². The summed E-state index contributed by atoms with van der Waals surface area (Å²) < 4.78 is 2.11. The van der Waals surface area contributed by atoms with E-state index in [9.17, 15) is 4.79 Å². The predicted molar refractivity (Wildman–Crippen MR) is 109 cm³/mol. The number of carbonyl (C=O) groups is 1. The van der Waals surface area contributed by atoms with Crippen LogP contribution in [-0.2, 0) is 4.79 Å². The molecule has 0 spiro atoms. The van der Waals surface area contributed by atoms with Crippen LogP contribution in [0, 0.1) is 23.2 Å². The Balaban J connectivity index is 1.27. The van der Waals surface area contributed by atoms with Crippen molar-refractivity contribution in [3.63, 3.8) is 0 Å². The summed E-state index contributed by atoms with van der Waals surface area (Å²) in [6.45, 7) is 0. The Kier molecular flexibility index (Phi) is 3.81. The zero-order chi connectivity index (χ0) is 18.9. The van der Waals surface area contributed by atoms with E-state index in [1.165, 1.54) is 44.9 Å². The van der Waals surface area contributed by atoms with Crippen LogP contribution in [0.5, 0.6) is 0 Å². The number of anilines is 1. The maximum Gasteiger partial charge on any atom is 0.227 e. The number of fused-ring (bicyclic) bond motifs is 1. The van der Waals surface area contributed by atoms with Crippen molar-refractivity contribution in [2.75, 3.05) is 5.32 Å². The minimum atomic E-state index is 0.129. The zero-order valence-corrected chi connectivity index (χ0v) is 16.9. The Bertz CT molecular complexity index is 912. The number of pyridine rings is 1. The van der Waals surface area contributed by atoms with Crippen LogP contribution in [0.2, 0.25) is 5.15 Å². The smallest absolute Gasteiger partial charge is 0.227 e. The molecule has 5 fully saturated rings. The first-order chi connectivity index (χ1) is 13.6. The molecule has 6 heteroatoms. The summed E-state index contributed by atoms with van der Waals surface area (Å²) in [5.74, 6) is 3.38. The van der Waals surface area contributed by atoms with Gasteiger partial charge in [-0.05, 0) is 93.1 Å². The molecule has 148 valence electrons. The van der Waals surface area contributed by atoms with Crippen LogP contribution in [-0.4, -0.2) is 20.4 Å². The average molecular weight is 399 g/mol. The number of amides is 1. The van der Waals surface area contributed by atoms with Gasteiger partial charge in [-0.2, -0.15) is 0 Å². The van der Waals surface area contributed by atoms with Gasteiger partial charge < -0.3 is 0 Å². The monoisotopic (exact) mass is 398 g/mol. The molecular weight excluding hydrogens is 372 g/mol. The van der Waals surface area contributed by atoms with Crippen LogP contribution in [0.4, 0.5) is 5.95 Å². The summed E-state index contributed by atoms with van der Waals surface area (Å²) in [6.07, 6.45) is 12.1. The molecule has 0 unspecified atom stereocenters. The van der Waals surface area contributed by atoms with Crippen molar-refractivity contribution in [3.8, 4) is 0 Å². The lowest BCUT2D eigenvalue weighted by molar-refractivity contribution is -0.124. The van der Waals surface area contributed by atoms with Gasteiger partial charge in [0.05, 0.1) is 0 Å². The number of imidazole rings is 1. The molecule has 0 radical (unpaired) electrons. The van der Waals surface area contributed by atoms with Gasteiger partial charge >= 0.3 is 0 Å². The normalized spacial score (nSPS) is 34.0. The van der Waals surface area contributed by atoms with Crippen LogP contribution >= 0.6 is 11.6 Å². The van der Waals surface area contributed by atoms with Gasteiger partial charge in [-0.25, -0.2) is 9.97 Å². The lowest BCUT2D eigenvalue weighted by Crippen LogP contribution is -2.47. The van der Waals surface area contributed by atoms with Crippen LogP contribution in [0.15, 0.2) is 12.1 Å². The molecule has 5 nitrogen and oxygen atoms in total. The molecule has 0 aromatic carbocycles. The lowest BCUT2D eigenvalue weighted by Gasteiger charge is -2.56. The van der Waals surface area contributed by atoms with Crippen molar-refractivity contribution in [3.05, 3.63) is 17.3 Å². The lowest BCUT2D eigenvalue weighted by atomic mass is 9.49. The SMILES string of the molecule is O=C(CC12CC3CC(CC(C3)C1)C2)Nc1nc2ccc(Cl)nc2n1C1CCC1. The Morgan fingerprint density at radius 1 is 1.11 bits per heavy atom. The molecular formula is C22H27ClN4O. The largest absolute Gasteiger partial charge is 0.296 e. The van der Waals surface area contributed by atoms with E-state index >= 15 is 0 Å². The molecule has 5 aliphatic rings. The minimum absolute atomic E-state index is 0.129. The summed E-state index contributed by atoms with van der Waals surface area (Å²) >= 11 is 6.14. The molecule has 28 heavy (non-hydrogen) atoms. The van der Waals surface area contributed by atoms with Gasteiger partial charge in [-0.1, -0.05) is 11.6 Å². The van der Waals surface area contributed by atoms with E-state index in [0.29, 0.717) is 23.6 Å². The Morgan fingerprint density at radius 3 is 2.39 bits per heavy atom. The van der Waals surface area contributed by atoms with Gasteiger partial charge in [0.25, 0.3) is 0 Å². The van der Waals surface area contributed by atoms with Gasteiger partial charge in [0.1, 0.15) is 10.7 Å². The van der Waals surface area contributed by atoms with Crippen molar-refractivity contribution in [1.29, 1.82) is 0 Å². The number of hydrogen-bond donors (Lipinski definition) is 1. The van der Waals surface area contributed by atoms with E-state index in [1.54, 1.807) is 6.07 Å². The molecule has 2 heterocycles. The average Bonchev–Trinajstić information content (AvgIpc) is 2.89. The number of aromatic nitrogens is 3. The first-order valence-corrected chi connectivity index (χ1v) is 11.3.